The van der Waals surface area contributed by atoms with Gasteiger partial charge < -0.3 is 10.6 Å². The molecular weight excluding hydrogens is 292 g/mol. The van der Waals surface area contributed by atoms with Crippen molar-refractivity contribution in [2.24, 2.45) is 0 Å². The normalized spacial score (nSPS) is 10.1. The largest absolute Gasteiger partial charge is 0.332 e. The molecule has 0 saturated carbocycles. The highest BCUT2D eigenvalue weighted by atomic mass is 32.1. The lowest BCUT2D eigenvalue weighted by Crippen LogP contribution is -2.34. The molecule has 0 atom stereocenters. The maximum Gasteiger partial charge on any atom is 0.226 e. The molecule has 0 heterocycles. The van der Waals surface area contributed by atoms with Gasteiger partial charge in [0.1, 0.15) is 0 Å². The average molecular weight is 312 g/mol. The zero-order chi connectivity index (χ0) is 15.9. The van der Waals surface area contributed by atoms with Gasteiger partial charge in [-0.15, -0.1) is 0 Å². The van der Waals surface area contributed by atoms with E-state index in [4.69, 9.17) is 12.2 Å². The second-order valence-electron chi connectivity index (χ2n) is 5.36. The van der Waals surface area contributed by atoms with Crippen molar-refractivity contribution in [3.05, 3.63) is 65.2 Å². The number of carbonyl (C=O) groups is 1. The number of carbonyl (C=O) groups excluding carboxylic acids is 1. The SMILES string of the molecule is Cc1cc(C)cc(NC(=S)NC(=O)CCc2ccccc2)c1. The van der Waals surface area contributed by atoms with Gasteiger partial charge in [0.25, 0.3) is 0 Å². The van der Waals surface area contributed by atoms with Crippen LogP contribution in [-0.2, 0) is 11.2 Å². The topological polar surface area (TPSA) is 41.1 Å². The summed E-state index contributed by atoms with van der Waals surface area (Å²) in [7, 11) is 0. The number of benzene rings is 2. The molecular formula is C18H20N2OS. The van der Waals surface area contributed by atoms with Crippen LogP contribution in [0.3, 0.4) is 0 Å². The van der Waals surface area contributed by atoms with Gasteiger partial charge in [-0.3, -0.25) is 4.79 Å². The lowest BCUT2D eigenvalue weighted by atomic mass is 10.1. The quantitative estimate of drug-likeness (QED) is 0.845. The molecule has 2 aromatic carbocycles. The number of thiocarbonyl (C=S) groups is 1. The van der Waals surface area contributed by atoms with Gasteiger partial charge in [0.2, 0.25) is 5.91 Å². The first-order valence-electron chi connectivity index (χ1n) is 7.26. The van der Waals surface area contributed by atoms with Crippen molar-refractivity contribution in [2.45, 2.75) is 26.7 Å². The van der Waals surface area contributed by atoms with Crippen LogP contribution in [0.2, 0.25) is 0 Å². The maximum atomic E-state index is 11.9. The summed E-state index contributed by atoms with van der Waals surface area (Å²) in [6.45, 7) is 4.05. The molecule has 0 aliphatic heterocycles. The van der Waals surface area contributed by atoms with Crippen molar-refractivity contribution in [1.82, 2.24) is 5.32 Å². The standard InChI is InChI=1S/C18H20N2OS/c1-13-10-14(2)12-16(11-13)19-18(22)20-17(21)9-8-15-6-4-3-5-7-15/h3-7,10-12H,8-9H2,1-2H3,(H2,19,20,21,22). The number of anilines is 1. The van der Waals surface area contributed by atoms with Gasteiger partial charge in [-0.25, -0.2) is 0 Å². The number of nitrogens with one attached hydrogen (secondary N) is 2. The van der Waals surface area contributed by atoms with E-state index in [9.17, 15) is 4.79 Å². The molecule has 0 fully saturated rings. The van der Waals surface area contributed by atoms with Gasteiger partial charge >= 0.3 is 0 Å². The predicted molar refractivity (Wildman–Crippen MR) is 95.0 cm³/mol. The van der Waals surface area contributed by atoms with Crippen molar-refractivity contribution in [1.29, 1.82) is 0 Å². The molecule has 1 amide bonds. The summed E-state index contributed by atoms with van der Waals surface area (Å²) in [6.07, 6.45) is 1.12. The minimum absolute atomic E-state index is 0.0780. The summed E-state index contributed by atoms with van der Waals surface area (Å²) < 4.78 is 0. The first kappa shape index (κ1) is 16.2. The summed E-state index contributed by atoms with van der Waals surface area (Å²) in [6, 6.07) is 16.0. The Balaban J connectivity index is 1.82. The molecule has 0 aromatic heterocycles. The van der Waals surface area contributed by atoms with Gasteiger partial charge in [-0.1, -0.05) is 36.4 Å². The van der Waals surface area contributed by atoms with E-state index < -0.39 is 0 Å². The Bertz CT molecular complexity index is 648. The third-order valence-corrected chi connectivity index (χ3v) is 3.42. The van der Waals surface area contributed by atoms with Crippen LogP contribution in [0.15, 0.2) is 48.5 Å². The highest BCUT2D eigenvalue weighted by Gasteiger charge is 2.06. The fraction of sp³-hybridized carbons (Fsp3) is 0.222. The summed E-state index contributed by atoms with van der Waals surface area (Å²) in [5, 5.41) is 6.11. The Hall–Kier alpha value is -2.20. The lowest BCUT2D eigenvalue weighted by molar-refractivity contribution is -0.119. The Labute approximate surface area is 136 Å². The molecule has 114 valence electrons. The molecule has 2 rings (SSSR count). The van der Waals surface area contributed by atoms with E-state index in [2.05, 4.69) is 16.7 Å². The van der Waals surface area contributed by atoms with E-state index in [0.29, 0.717) is 18.0 Å². The number of aryl methyl sites for hydroxylation is 3. The van der Waals surface area contributed by atoms with Crippen molar-refractivity contribution in [2.75, 3.05) is 5.32 Å². The average Bonchev–Trinajstić information content (AvgIpc) is 2.45. The monoisotopic (exact) mass is 312 g/mol. The van der Waals surface area contributed by atoms with E-state index >= 15 is 0 Å². The molecule has 3 nitrogen and oxygen atoms in total. The molecule has 0 saturated heterocycles. The van der Waals surface area contributed by atoms with E-state index in [0.717, 1.165) is 22.4 Å². The molecule has 22 heavy (non-hydrogen) atoms. The highest BCUT2D eigenvalue weighted by molar-refractivity contribution is 7.80. The molecule has 4 heteroatoms. The van der Waals surface area contributed by atoms with Crippen molar-refractivity contribution in [3.8, 4) is 0 Å². The number of rotatable bonds is 4. The van der Waals surface area contributed by atoms with Crippen LogP contribution in [0, 0.1) is 13.8 Å². The minimum atomic E-state index is -0.0780. The number of hydrogen-bond acceptors (Lipinski definition) is 2. The molecule has 2 N–H and O–H groups in total. The number of amides is 1. The van der Waals surface area contributed by atoms with Gasteiger partial charge in [0, 0.05) is 12.1 Å². The van der Waals surface area contributed by atoms with Gasteiger partial charge in [-0.05, 0) is 61.3 Å². The summed E-state index contributed by atoms with van der Waals surface area (Å²) >= 11 is 5.19. The van der Waals surface area contributed by atoms with E-state index in [1.165, 1.54) is 0 Å². The smallest absolute Gasteiger partial charge is 0.226 e. The van der Waals surface area contributed by atoms with Crippen LogP contribution >= 0.6 is 12.2 Å². The summed E-state index contributed by atoms with van der Waals surface area (Å²) in [5.74, 6) is -0.0780. The van der Waals surface area contributed by atoms with Crippen molar-refractivity contribution < 1.29 is 4.79 Å². The van der Waals surface area contributed by atoms with Crippen LogP contribution in [-0.4, -0.2) is 11.0 Å². The molecule has 0 spiro atoms. The van der Waals surface area contributed by atoms with E-state index in [-0.39, 0.29) is 5.91 Å². The zero-order valence-electron chi connectivity index (χ0n) is 12.8. The van der Waals surface area contributed by atoms with E-state index in [1.54, 1.807) is 0 Å². The third-order valence-electron chi connectivity index (χ3n) is 3.22. The molecule has 0 bridgehead atoms. The third kappa shape index (κ3) is 5.30. The molecule has 0 aliphatic rings. The zero-order valence-corrected chi connectivity index (χ0v) is 13.7. The first-order valence-corrected chi connectivity index (χ1v) is 7.67. The molecule has 0 aliphatic carbocycles. The Morgan fingerprint density at radius 2 is 1.68 bits per heavy atom. The Morgan fingerprint density at radius 1 is 1.05 bits per heavy atom. The molecule has 2 aromatic rings. The van der Waals surface area contributed by atoms with Crippen molar-refractivity contribution >= 4 is 28.9 Å². The number of hydrogen-bond donors (Lipinski definition) is 2. The van der Waals surface area contributed by atoms with Crippen LogP contribution < -0.4 is 10.6 Å². The fourth-order valence-corrected chi connectivity index (χ4v) is 2.53. The lowest BCUT2D eigenvalue weighted by Gasteiger charge is -2.11. The predicted octanol–water partition coefficient (Wildman–Crippen LogP) is 3.75. The van der Waals surface area contributed by atoms with Crippen LogP contribution in [0.25, 0.3) is 0 Å². The van der Waals surface area contributed by atoms with E-state index in [1.807, 2.05) is 56.3 Å². The minimum Gasteiger partial charge on any atom is -0.332 e. The van der Waals surface area contributed by atoms with Gasteiger partial charge in [0.15, 0.2) is 5.11 Å². The highest BCUT2D eigenvalue weighted by Crippen LogP contribution is 2.13. The second kappa shape index (κ2) is 7.71. The Morgan fingerprint density at radius 3 is 2.32 bits per heavy atom. The first-order chi connectivity index (χ1) is 10.5. The van der Waals surface area contributed by atoms with Crippen LogP contribution in [0.5, 0.6) is 0 Å². The fourth-order valence-electron chi connectivity index (χ4n) is 2.30. The van der Waals surface area contributed by atoms with Crippen LogP contribution in [0.4, 0.5) is 5.69 Å². The summed E-state index contributed by atoms with van der Waals surface area (Å²) in [5.41, 5.74) is 4.35. The molecule has 0 unspecified atom stereocenters. The van der Waals surface area contributed by atoms with Crippen molar-refractivity contribution in [3.63, 3.8) is 0 Å². The van der Waals surface area contributed by atoms with Gasteiger partial charge in [0.05, 0.1) is 0 Å². The van der Waals surface area contributed by atoms with Gasteiger partial charge in [-0.2, -0.15) is 0 Å². The maximum absolute atomic E-state index is 11.9. The molecule has 0 radical (unpaired) electrons. The van der Waals surface area contributed by atoms with Crippen LogP contribution in [0.1, 0.15) is 23.1 Å². The Kier molecular flexibility index (Phi) is 5.67. The second-order valence-corrected chi connectivity index (χ2v) is 5.77. The summed E-state index contributed by atoms with van der Waals surface area (Å²) in [4.78, 5) is 11.9.